The van der Waals surface area contributed by atoms with E-state index in [-0.39, 0.29) is 6.04 Å². The number of likely N-dealkylation sites (N-methyl/N-ethyl adjacent to an activating group) is 1. The molecule has 0 aliphatic carbocycles. The average Bonchev–Trinajstić information content (AvgIpc) is 2.37. The molecule has 1 rings (SSSR count). The van der Waals surface area contributed by atoms with Gasteiger partial charge in [-0.3, -0.25) is 4.98 Å². The largest absolute Gasteiger partial charge is 0.383 e. The molecule has 0 bridgehead atoms. The highest BCUT2D eigenvalue weighted by atomic mass is 32.1. The van der Waals surface area contributed by atoms with Crippen LogP contribution in [0.15, 0.2) is 24.5 Å². The third-order valence-electron chi connectivity index (χ3n) is 2.62. The van der Waals surface area contributed by atoms with Gasteiger partial charge >= 0.3 is 0 Å². The van der Waals surface area contributed by atoms with E-state index < -0.39 is 0 Å². The molecule has 0 radical (unpaired) electrons. The molecule has 100 valence electrons. The minimum Gasteiger partial charge on any atom is -0.383 e. The molecule has 0 amide bonds. The number of thiocarbonyl (C=S) groups is 1. The molecule has 18 heavy (non-hydrogen) atoms. The Hall–Kier alpha value is -1.20. The van der Waals surface area contributed by atoms with Gasteiger partial charge in [0.05, 0.1) is 6.61 Å². The predicted octanol–water partition coefficient (Wildman–Crippen LogP) is 1.47. The van der Waals surface area contributed by atoms with Crippen LogP contribution in [0.2, 0.25) is 0 Å². The fourth-order valence-electron chi connectivity index (χ4n) is 1.56. The lowest BCUT2D eigenvalue weighted by Gasteiger charge is -2.24. The zero-order chi connectivity index (χ0) is 13.4. The molecule has 0 spiro atoms. The molecule has 1 N–H and O–H groups in total. The molecule has 0 aliphatic heterocycles. The fraction of sp³-hybridized carbons (Fsp3) is 0.538. The number of hydrogen-bond donors (Lipinski definition) is 1. The van der Waals surface area contributed by atoms with Crippen molar-refractivity contribution in [2.24, 2.45) is 0 Å². The van der Waals surface area contributed by atoms with Crippen molar-refractivity contribution in [3.63, 3.8) is 0 Å². The van der Waals surface area contributed by atoms with E-state index in [1.807, 2.05) is 43.4 Å². The van der Waals surface area contributed by atoms with Crippen LogP contribution >= 0.6 is 12.2 Å². The van der Waals surface area contributed by atoms with Crippen molar-refractivity contribution in [1.82, 2.24) is 15.2 Å². The SMILES string of the molecule is COCC(C)NC(=S)N(C)CCc1ccncc1. The Morgan fingerprint density at radius 3 is 2.78 bits per heavy atom. The first-order chi connectivity index (χ1) is 8.63. The van der Waals surface area contributed by atoms with E-state index in [0.29, 0.717) is 6.61 Å². The average molecular weight is 267 g/mol. The first-order valence-electron chi connectivity index (χ1n) is 6.03. The van der Waals surface area contributed by atoms with Crippen LogP contribution < -0.4 is 5.32 Å². The topological polar surface area (TPSA) is 37.4 Å². The summed E-state index contributed by atoms with van der Waals surface area (Å²) in [5.41, 5.74) is 1.27. The van der Waals surface area contributed by atoms with Gasteiger partial charge < -0.3 is 15.0 Å². The van der Waals surface area contributed by atoms with Crippen molar-refractivity contribution in [3.8, 4) is 0 Å². The first kappa shape index (κ1) is 14.9. The predicted molar refractivity (Wildman–Crippen MR) is 77.6 cm³/mol. The van der Waals surface area contributed by atoms with Crippen LogP contribution in [-0.2, 0) is 11.2 Å². The van der Waals surface area contributed by atoms with Crippen LogP contribution in [0.1, 0.15) is 12.5 Å². The molecule has 1 aromatic rings. The smallest absolute Gasteiger partial charge is 0.168 e. The molecule has 4 nitrogen and oxygen atoms in total. The van der Waals surface area contributed by atoms with Crippen molar-refractivity contribution in [1.29, 1.82) is 0 Å². The van der Waals surface area contributed by atoms with Gasteiger partial charge in [0.1, 0.15) is 0 Å². The summed E-state index contributed by atoms with van der Waals surface area (Å²) in [7, 11) is 3.68. The van der Waals surface area contributed by atoms with E-state index in [0.717, 1.165) is 18.1 Å². The molecule has 0 saturated heterocycles. The highest BCUT2D eigenvalue weighted by Gasteiger charge is 2.07. The van der Waals surface area contributed by atoms with Crippen molar-refractivity contribution in [3.05, 3.63) is 30.1 Å². The molecule has 1 unspecified atom stereocenters. The zero-order valence-corrected chi connectivity index (χ0v) is 12.0. The number of nitrogens with one attached hydrogen (secondary N) is 1. The van der Waals surface area contributed by atoms with Gasteiger partial charge in [-0.1, -0.05) is 0 Å². The number of aromatic nitrogens is 1. The normalized spacial score (nSPS) is 11.9. The van der Waals surface area contributed by atoms with Gasteiger partial charge in [-0.05, 0) is 43.3 Å². The van der Waals surface area contributed by atoms with Crippen molar-refractivity contribution in [2.45, 2.75) is 19.4 Å². The zero-order valence-electron chi connectivity index (χ0n) is 11.2. The second-order valence-corrected chi connectivity index (χ2v) is 4.72. The molecule has 0 fully saturated rings. The van der Waals surface area contributed by atoms with Crippen molar-refractivity contribution >= 4 is 17.3 Å². The molecular weight excluding hydrogens is 246 g/mol. The highest BCUT2D eigenvalue weighted by molar-refractivity contribution is 7.80. The third kappa shape index (κ3) is 5.42. The van der Waals surface area contributed by atoms with E-state index in [1.54, 1.807) is 7.11 Å². The maximum Gasteiger partial charge on any atom is 0.168 e. The van der Waals surface area contributed by atoms with Crippen LogP contribution in [0.3, 0.4) is 0 Å². The van der Waals surface area contributed by atoms with E-state index in [9.17, 15) is 0 Å². The van der Waals surface area contributed by atoms with Crippen LogP contribution in [0.4, 0.5) is 0 Å². The molecule has 5 heteroatoms. The number of rotatable bonds is 6. The minimum absolute atomic E-state index is 0.228. The number of methoxy groups -OCH3 is 1. The lowest BCUT2D eigenvalue weighted by atomic mass is 10.2. The number of nitrogens with zero attached hydrogens (tertiary/aromatic N) is 2. The fourth-order valence-corrected chi connectivity index (χ4v) is 1.85. The number of pyridine rings is 1. The molecule has 1 aromatic heterocycles. The second kappa shape index (κ2) is 8.00. The van der Waals surface area contributed by atoms with Gasteiger partial charge in [0.25, 0.3) is 0 Å². The van der Waals surface area contributed by atoms with Crippen molar-refractivity contribution < 1.29 is 4.74 Å². The third-order valence-corrected chi connectivity index (χ3v) is 3.05. The number of hydrogen-bond acceptors (Lipinski definition) is 3. The Morgan fingerprint density at radius 1 is 1.50 bits per heavy atom. The summed E-state index contributed by atoms with van der Waals surface area (Å²) in [5, 5.41) is 3.99. The Balaban J connectivity index is 2.32. The summed E-state index contributed by atoms with van der Waals surface area (Å²) >= 11 is 5.33. The summed E-state index contributed by atoms with van der Waals surface area (Å²) in [6.07, 6.45) is 4.58. The second-order valence-electron chi connectivity index (χ2n) is 4.33. The molecule has 1 heterocycles. The van der Waals surface area contributed by atoms with Gasteiger partial charge in [-0.2, -0.15) is 0 Å². The maximum atomic E-state index is 5.33. The Kier molecular flexibility index (Phi) is 6.60. The molecule has 1 atom stereocenters. The monoisotopic (exact) mass is 267 g/mol. The Bertz CT molecular complexity index is 359. The van der Waals surface area contributed by atoms with Crippen molar-refractivity contribution in [2.75, 3.05) is 27.3 Å². The quantitative estimate of drug-likeness (QED) is 0.790. The van der Waals surface area contributed by atoms with Crippen LogP contribution in [-0.4, -0.2) is 48.3 Å². The van der Waals surface area contributed by atoms with Gasteiger partial charge in [-0.25, -0.2) is 0 Å². The summed E-state index contributed by atoms with van der Waals surface area (Å²) in [4.78, 5) is 6.05. The first-order valence-corrected chi connectivity index (χ1v) is 6.43. The van der Waals surface area contributed by atoms with E-state index >= 15 is 0 Å². The molecule has 0 aromatic carbocycles. The van der Waals surface area contributed by atoms with Crippen LogP contribution in [0.25, 0.3) is 0 Å². The van der Waals surface area contributed by atoms with E-state index in [4.69, 9.17) is 17.0 Å². The van der Waals surface area contributed by atoms with Gasteiger partial charge in [0.15, 0.2) is 5.11 Å². The van der Waals surface area contributed by atoms with Gasteiger partial charge in [0.2, 0.25) is 0 Å². The lowest BCUT2D eigenvalue weighted by molar-refractivity contribution is 0.178. The standard InChI is InChI=1S/C13H21N3OS/c1-11(10-17-3)15-13(18)16(2)9-6-12-4-7-14-8-5-12/h4-5,7-8,11H,6,9-10H2,1-3H3,(H,15,18). The molecular formula is C13H21N3OS. The number of ether oxygens (including phenoxy) is 1. The van der Waals surface area contributed by atoms with Gasteiger partial charge in [-0.15, -0.1) is 0 Å². The summed E-state index contributed by atoms with van der Waals surface area (Å²) in [5.74, 6) is 0. The Labute approximate surface area is 114 Å². The van der Waals surface area contributed by atoms with E-state index in [1.165, 1.54) is 5.56 Å². The lowest BCUT2D eigenvalue weighted by Crippen LogP contribution is -2.44. The van der Waals surface area contributed by atoms with Gasteiger partial charge in [0, 0.05) is 39.1 Å². The maximum absolute atomic E-state index is 5.33. The van der Waals surface area contributed by atoms with E-state index in [2.05, 4.69) is 10.3 Å². The molecule has 0 saturated carbocycles. The summed E-state index contributed by atoms with van der Waals surface area (Å²) < 4.78 is 5.07. The minimum atomic E-state index is 0.228. The summed E-state index contributed by atoms with van der Waals surface area (Å²) in [6, 6.07) is 4.28. The van der Waals surface area contributed by atoms with Crippen LogP contribution in [0, 0.1) is 0 Å². The van der Waals surface area contributed by atoms with Crippen LogP contribution in [0.5, 0.6) is 0 Å². The Morgan fingerprint density at radius 2 is 2.17 bits per heavy atom. The molecule has 0 aliphatic rings. The summed E-state index contributed by atoms with van der Waals surface area (Å²) in [6.45, 7) is 3.58. The highest BCUT2D eigenvalue weighted by Crippen LogP contribution is 1.99.